The average molecular weight is 578 g/mol. The van der Waals surface area contributed by atoms with Crippen LogP contribution in [0.15, 0.2) is 53.5 Å². The van der Waals surface area contributed by atoms with Gasteiger partial charge in [0, 0.05) is 57.9 Å². The predicted octanol–water partition coefficient (Wildman–Crippen LogP) is 3.72. The molecule has 0 aliphatic carbocycles. The molecule has 2 aliphatic heterocycles. The third kappa shape index (κ3) is 6.77. The lowest BCUT2D eigenvalue weighted by atomic mass is 10.1. The third-order valence-corrected chi connectivity index (χ3v) is 6.30. The van der Waals surface area contributed by atoms with Gasteiger partial charge < -0.3 is 24.8 Å². The number of piperazine rings is 1. The van der Waals surface area contributed by atoms with Crippen molar-refractivity contribution in [3.05, 3.63) is 59.7 Å². The lowest BCUT2D eigenvalue weighted by Gasteiger charge is -2.37. The fourth-order valence-corrected chi connectivity index (χ4v) is 4.48. The van der Waals surface area contributed by atoms with E-state index in [0.29, 0.717) is 19.5 Å². The molecule has 0 radical (unpaired) electrons. The number of anilines is 1. The zero-order valence-corrected chi connectivity index (χ0v) is 22.5. The Kier molecular flexibility index (Phi) is 9.86. The normalized spacial score (nSPS) is 16.5. The van der Waals surface area contributed by atoms with E-state index in [1.54, 1.807) is 7.11 Å². The molecule has 2 fully saturated rings. The molecule has 0 aromatic heterocycles. The molecule has 184 valence electrons. The summed E-state index contributed by atoms with van der Waals surface area (Å²) in [6, 6.07) is 16.7. The highest BCUT2D eigenvalue weighted by Crippen LogP contribution is 2.21. The van der Waals surface area contributed by atoms with Crippen LogP contribution in [0.25, 0.3) is 0 Å². The van der Waals surface area contributed by atoms with E-state index in [1.165, 1.54) is 16.8 Å². The molecule has 0 saturated carbocycles. The largest absolute Gasteiger partial charge is 0.497 e. The minimum Gasteiger partial charge on any atom is -0.497 e. The summed E-state index contributed by atoms with van der Waals surface area (Å²) in [5.74, 6) is 2.11. The molecule has 0 bridgehead atoms. The molecule has 2 heterocycles. The van der Waals surface area contributed by atoms with Crippen molar-refractivity contribution in [2.45, 2.75) is 32.9 Å². The van der Waals surface area contributed by atoms with E-state index < -0.39 is 0 Å². The van der Waals surface area contributed by atoms with Crippen LogP contribution in [0.2, 0.25) is 0 Å². The molecule has 2 aliphatic rings. The topological polar surface area (TPSA) is 60.4 Å². The maximum atomic E-state index is 11.9. The number of methoxy groups -OCH3 is 1. The number of benzene rings is 2. The van der Waals surface area contributed by atoms with Gasteiger partial charge in [0.05, 0.1) is 13.7 Å². The molecule has 2 saturated heterocycles. The first-order chi connectivity index (χ1) is 16.2. The number of rotatable bonds is 7. The van der Waals surface area contributed by atoms with Gasteiger partial charge in [-0.05, 0) is 48.7 Å². The quantitative estimate of drug-likeness (QED) is 0.309. The number of hydrogen-bond donors (Lipinski definition) is 1. The van der Waals surface area contributed by atoms with Crippen molar-refractivity contribution in [1.29, 1.82) is 0 Å². The minimum absolute atomic E-state index is 0. The van der Waals surface area contributed by atoms with Crippen LogP contribution in [-0.4, -0.2) is 68.0 Å². The Bertz CT molecular complexity index is 958. The summed E-state index contributed by atoms with van der Waals surface area (Å²) in [6.45, 7) is 8.91. The fourth-order valence-electron chi connectivity index (χ4n) is 4.48. The van der Waals surface area contributed by atoms with Crippen LogP contribution in [0.4, 0.5) is 5.69 Å². The smallest absolute Gasteiger partial charge is 0.222 e. The zero-order chi connectivity index (χ0) is 23.0. The Morgan fingerprint density at radius 1 is 1.03 bits per heavy atom. The molecule has 1 N–H and O–H groups in total. The molecular weight excluding hydrogens is 541 g/mol. The number of likely N-dealkylation sites (tertiary alicyclic amines) is 1. The number of halogens is 1. The fraction of sp³-hybridized carbons (Fsp3) is 0.462. The van der Waals surface area contributed by atoms with E-state index in [9.17, 15) is 4.79 Å². The maximum absolute atomic E-state index is 11.9. The van der Waals surface area contributed by atoms with E-state index in [-0.39, 0.29) is 29.9 Å². The number of ether oxygens (including phenoxy) is 1. The van der Waals surface area contributed by atoms with Crippen LogP contribution in [0.3, 0.4) is 0 Å². The first-order valence-electron chi connectivity index (χ1n) is 11.9. The standard InChI is InChI=1S/C26H35N5O2.HI/c1-3-27-26(30-16-14-29(15-17-30)23-9-11-24(33-2)12-10-23)28-19-21-6-4-7-22(18-21)20-31-13-5-8-25(31)32;/h4,6-7,9-12,18H,3,5,8,13-17,19-20H2,1-2H3,(H,27,28);1H. The molecule has 2 aromatic carbocycles. The number of amides is 1. The van der Waals surface area contributed by atoms with E-state index in [1.807, 2.05) is 17.0 Å². The summed E-state index contributed by atoms with van der Waals surface area (Å²) in [7, 11) is 1.69. The molecule has 34 heavy (non-hydrogen) atoms. The maximum Gasteiger partial charge on any atom is 0.222 e. The molecule has 7 nitrogen and oxygen atoms in total. The molecule has 8 heteroatoms. The van der Waals surface area contributed by atoms with Crippen LogP contribution in [0, 0.1) is 0 Å². The van der Waals surface area contributed by atoms with Gasteiger partial charge in [0.1, 0.15) is 5.75 Å². The van der Waals surface area contributed by atoms with Crippen molar-refractivity contribution in [2.24, 2.45) is 4.99 Å². The van der Waals surface area contributed by atoms with Gasteiger partial charge in [-0.3, -0.25) is 4.79 Å². The summed E-state index contributed by atoms with van der Waals surface area (Å²) in [5.41, 5.74) is 3.58. The second-order valence-corrected chi connectivity index (χ2v) is 8.58. The first-order valence-corrected chi connectivity index (χ1v) is 11.9. The van der Waals surface area contributed by atoms with Crippen molar-refractivity contribution >= 4 is 41.5 Å². The third-order valence-electron chi connectivity index (χ3n) is 6.30. The second-order valence-electron chi connectivity index (χ2n) is 8.58. The number of hydrogen-bond acceptors (Lipinski definition) is 4. The lowest BCUT2D eigenvalue weighted by Crippen LogP contribution is -2.52. The van der Waals surface area contributed by atoms with Crippen LogP contribution in [0.5, 0.6) is 5.75 Å². The molecule has 0 unspecified atom stereocenters. The van der Waals surface area contributed by atoms with Gasteiger partial charge in [-0.2, -0.15) is 0 Å². The van der Waals surface area contributed by atoms with E-state index >= 15 is 0 Å². The summed E-state index contributed by atoms with van der Waals surface area (Å²) in [6.07, 6.45) is 1.66. The summed E-state index contributed by atoms with van der Waals surface area (Å²) in [5, 5.41) is 3.46. The van der Waals surface area contributed by atoms with Gasteiger partial charge in [0.25, 0.3) is 0 Å². The highest BCUT2D eigenvalue weighted by atomic mass is 127. The molecule has 1 amide bonds. The number of aliphatic imine (C=N–C) groups is 1. The number of carbonyl (C=O) groups excluding carboxylic acids is 1. The van der Waals surface area contributed by atoms with Gasteiger partial charge in [0.2, 0.25) is 5.91 Å². The van der Waals surface area contributed by atoms with Crippen LogP contribution in [0.1, 0.15) is 30.9 Å². The van der Waals surface area contributed by atoms with Gasteiger partial charge in [-0.15, -0.1) is 24.0 Å². The number of guanidine groups is 1. The van der Waals surface area contributed by atoms with E-state index in [0.717, 1.165) is 57.4 Å². The van der Waals surface area contributed by atoms with Crippen LogP contribution >= 0.6 is 24.0 Å². The Morgan fingerprint density at radius 3 is 2.41 bits per heavy atom. The van der Waals surface area contributed by atoms with Gasteiger partial charge in [-0.25, -0.2) is 4.99 Å². The first kappa shape index (κ1) is 26.1. The van der Waals surface area contributed by atoms with Crippen molar-refractivity contribution < 1.29 is 9.53 Å². The van der Waals surface area contributed by atoms with Crippen molar-refractivity contribution in [3.8, 4) is 5.75 Å². The Labute approximate surface area is 220 Å². The van der Waals surface area contributed by atoms with E-state index in [2.05, 4.69) is 58.4 Å². The van der Waals surface area contributed by atoms with E-state index in [4.69, 9.17) is 9.73 Å². The zero-order valence-electron chi connectivity index (χ0n) is 20.2. The van der Waals surface area contributed by atoms with Gasteiger partial charge in [0.15, 0.2) is 5.96 Å². The SMILES string of the molecule is CCNC(=NCc1cccc(CN2CCCC2=O)c1)N1CCN(c2ccc(OC)cc2)CC1.I. The Hall–Kier alpha value is -2.49. The number of nitrogens with zero attached hydrogens (tertiary/aromatic N) is 4. The lowest BCUT2D eigenvalue weighted by molar-refractivity contribution is -0.128. The summed E-state index contributed by atoms with van der Waals surface area (Å²) in [4.78, 5) is 23.6. The summed E-state index contributed by atoms with van der Waals surface area (Å²) < 4.78 is 5.27. The van der Waals surface area contributed by atoms with Crippen molar-refractivity contribution in [1.82, 2.24) is 15.1 Å². The molecule has 2 aromatic rings. The monoisotopic (exact) mass is 577 g/mol. The molecule has 0 atom stereocenters. The van der Waals surface area contributed by atoms with Crippen LogP contribution < -0.4 is 15.0 Å². The molecular formula is C26H36IN5O2. The minimum atomic E-state index is 0. The van der Waals surface area contributed by atoms with Crippen molar-refractivity contribution in [3.63, 3.8) is 0 Å². The van der Waals surface area contributed by atoms with Gasteiger partial charge in [-0.1, -0.05) is 24.3 Å². The highest BCUT2D eigenvalue weighted by Gasteiger charge is 2.21. The molecule has 4 rings (SSSR count). The van der Waals surface area contributed by atoms with Crippen LogP contribution in [-0.2, 0) is 17.9 Å². The number of carbonyl (C=O) groups is 1. The Morgan fingerprint density at radius 2 is 1.76 bits per heavy atom. The highest BCUT2D eigenvalue weighted by molar-refractivity contribution is 14.0. The molecule has 0 spiro atoms. The van der Waals surface area contributed by atoms with Crippen molar-refractivity contribution in [2.75, 3.05) is 51.3 Å². The summed E-state index contributed by atoms with van der Waals surface area (Å²) >= 11 is 0. The predicted molar refractivity (Wildman–Crippen MR) is 148 cm³/mol. The van der Waals surface area contributed by atoms with Gasteiger partial charge >= 0.3 is 0 Å². The average Bonchev–Trinajstić information content (AvgIpc) is 3.26. The second kappa shape index (κ2) is 12.8. The number of nitrogens with one attached hydrogen (secondary N) is 1. The Balaban J connectivity index is 0.00000324.